The molecule has 1 aromatic rings. The van der Waals surface area contributed by atoms with Crippen molar-refractivity contribution >= 4 is 11.9 Å². The summed E-state index contributed by atoms with van der Waals surface area (Å²) in [5, 5.41) is 5.87. The van der Waals surface area contributed by atoms with Crippen LogP contribution in [-0.4, -0.2) is 29.6 Å². The number of carbonyl (C=O) groups is 2. The Balaban J connectivity index is 1.19. The van der Waals surface area contributed by atoms with Crippen LogP contribution in [-0.2, 0) is 11.3 Å². The summed E-state index contributed by atoms with van der Waals surface area (Å²) < 4.78 is 13.2. The van der Waals surface area contributed by atoms with Crippen LogP contribution in [0.5, 0.6) is 0 Å². The zero-order valence-electron chi connectivity index (χ0n) is 17.8. The van der Waals surface area contributed by atoms with Crippen molar-refractivity contribution in [2.75, 3.05) is 0 Å². The van der Waals surface area contributed by atoms with Gasteiger partial charge in [-0.15, -0.1) is 0 Å². The molecule has 2 atom stereocenters. The summed E-state index contributed by atoms with van der Waals surface area (Å²) in [6.07, 6.45) is 9.35. The van der Waals surface area contributed by atoms with E-state index in [0.717, 1.165) is 60.3 Å². The molecule has 0 radical (unpaired) electrons. The van der Waals surface area contributed by atoms with Crippen LogP contribution in [0.25, 0.3) is 0 Å². The molecule has 4 bridgehead atoms. The van der Waals surface area contributed by atoms with Crippen LogP contribution in [0.15, 0.2) is 24.3 Å². The predicted octanol–water partition coefficient (Wildman–Crippen LogP) is 2.56. The minimum Gasteiger partial charge on any atom is -0.332 e. The quantitative estimate of drug-likeness (QED) is 0.670. The summed E-state index contributed by atoms with van der Waals surface area (Å²) in [6, 6.07) is 6.26. The molecule has 0 saturated heterocycles. The van der Waals surface area contributed by atoms with Gasteiger partial charge in [0.05, 0.1) is 6.04 Å². The first-order valence-corrected chi connectivity index (χ1v) is 11.6. The maximum absolute atomic E-state index is 13.2. The number of halogens is 1. The number of hydrogen-bond acceptors (Lipinski definition) is 2. The van der Waals surface area contributed by atoms with Gasteiger partial charge in [-0.3, -0.25) is 10.1 Å². The predicted molar refractivity (Wildman–Crippen MR) is 111 cm³/mol. The monoisotopic (exact) mass is 414 g/mol. The van der Waals surface area contributed by atoms with Gasteiger partial charge in [-0.2, -0.15) is 0 Å². The van der Waals surface area contributed by atoms with E-state index in [1.54, 1.807) is 12.1 Å². The molecule has 3 amide bonds. The molecule has 0 aromatic heterocycles. The van der Waals surface area contributed by atoms with Crippen LogP contribution in [0.1, 0.15) is 63.9 Å². The van der Waals surface area contributed by atoms with Crippen LogP contribution >= 0.6 is 0 Å². The van der Waals surface area contributed by atoms with Crippen molar-refractivity contribution in [2.45, 2.75) is 82.5 Å². The second-order valence-electron chi connectivity index (χ2n) is 10.5. The first-order chi connectivity index (χ1) is 14.4. The Bertz CT molecular complexity index is 785. The van der Waals surface area contributed by atoms with Crippen molar-refractivity contribution in [3.63, 3.8) is 0 Å². The normalized spacial score (nSPS) is 33.7. The van der Waals surface area contributed by atoms with Crippen LogP contribution in [0.4, 0.5) is 9.18 Å². The number of benzene rings is 1. The molecule has 0 aliphatic heterocycles. The molecule has 5 nitrogen and oxygen atoms in total. The molecular weight excluding hydrogens is 381 g/mol. The fourth-order valence-electron chi connectivity index (χ4n) is 6.87. The molecule has 5 aliphatic carbocycles. The second kappa shape index (κ2) is 7.63. The number of quaternary nitrogens is 1. The molecule has 5 fully saturated rings. The van der Waals surface area contributed by atoms with Crippen LogP contribution in [0, 0.1) is 23.6 Å². The maximum atomic E-state index is 13.2. The Morgan fingerprint density at radius 3 is 2.17 bits per heavy atom. The van der Waals surface area contributed by atoms with Crippen LogP contribution in [0.2, 0.25) is 0 Å². The molecule has 162 valence electrons. The number of amides is 3. The summed E-state index contributed by atoms with van der Waals surface area (Å²) in [7, 11) is 0. The third-order valence-corrected chi connectivity index (χ3v) is 8.03. The minimum absolute atomic E-state index is 0.0977. The number of hydrogen-bond donors (Lipinski definition) is 3. The van der Waals surface area contributed by atoms with Crippen molar-refractivity contribution in [1.29, 1.82) is 0 Å². The molecule has 1 unspecified atom stereocenters. The Kier molecular flexibility index (Phi) is 5.08. The highest BCUT2D eigenvalue weighted by molar-refractivity contribution is 5.96. The summed E-state index contributed by atoms with van der Waals surface area (Å²) >= 11 is 0. The lowest BCUT2D eigenvalue weighted by Gasteiger charge is -2.56. The van der Waals surface area contributed by atoms with Gasteiger partial charge >= 0.3 is 6.03 Å². The number of carbonyl (C=O) groups excluding carboxylic acids is 2. The highest BCUT2D eigenvalue weighted by Crippen LogP contribution is 2.55. The molecule has 0 heterocycles. The highest BCUT2D eigenvalue weighted by Gasteiger charge is 2.51. The average Bonchev–Trinajstić information content (AvgIpc) is 3.50. The van der Waals surface area contributed by atoms with E-state index in [9.17, 15) is 14.0 Å². The average molecular weight is 415 g/mol. The lowest BCUT2D eigenvalue weighted by molar-refractivity contribution is -0.938. The molecular formula is C24H33FN3O2+. The Hall–Kier alpha value is -1.95. The number of nitrogens with one attached hydrogen (secondary N) is 3. The van der Waals surface area contributed by atoms with Gasteiger partial charge in [0.25, 0.3) is 5.91 Å². The van der Waals surface area contributed by atoms with Gasteiger partial charge in [-0.1, -0.05) is 12.1 Å². The summed E-state index contributed by atoms with van der Waals surface area (Å²) in [4.78, 5) is 26.8. The van der Waals surface area contributed by atoms with E-state index in [2.05, 4.69) is 10.6 Å². The summed E-state index contributed by atoms with van der Waals surface area (Å²) in [5.41, 5.74) is 0.912. The van der Waals surface area contributed by atoms with Gasteiger partial charge in [-0.05, 0) is 75.3 Å². The second-order valence-corrected chi connectivity index (χ2v) is 10.5. The molecule has 30 heavy (non-hydrogen) atoms. The van der Waals surface area contributed by atoms with E-state index in [-0.39, 0.29) is 29.3 Å². The molecule has 5 aliphatic rings. The number of rotatable bonds is 6. The van der Waals surface area contributed by atoms with E-state index in [1.165, 1.54) is 31.4 Å². The Morgan fingerprint density at radius 1 is 1.07 bits per heavy atom. The molecule has 3 N–H and O–H groups in total. The van der Waals surface area contributed by atoms with E-state index >= 15 is 0 Å². The third kappa shape index (κ3) is 4.11. The number of imide groups is 1. The number of urea groups is 1. The topological polar surface area (TPSA) is 62.6 Å². The minimum atomic E-state index is -0.329. The Morgan fingerprint density at radius 2 is 1.63 bits per heavy atom. The first kappa shape index (κ1) is 20.0. The van der Waals surface area contributed by atoms with Gasteiger partial charge in [-0.25, -0.2) is 9.18 Å². The lowest BCUT2D eigenvalue weighted by Crippen LogP contribution is -3.16. The first-order valence-electron chi connectivity index (χ1n) is 11.6. The van der Waals surface area contributed by atoms with Crippen molar-refractivity contribution < 1.29 is 18.9 Å². The molecule has 6 rings (SSSR count). The van der Waals surface area contributed by atoms with Gasteiger partial charge in [0.15, 0.2) is 6.04 Å². The van der Waals surface area contributed by atoms with Gasteiger partial charge < -0.3 is 10.2 Å². The van der Waals surface area contributed by atoms with Gasteiger partial charge in [0, 0.05) is 23.9 Å². The van der Waals surface area contributed by atoms with E-state index < -0.39 is 0 Å². The van der Waals surface area contributed by atoms with Crippen LogP contribution < -0.4 is 15.5 Å². The summed E-state index contributed by atoms with van der Waals surface area (Å²) in [6.45, 7) is 2.56. The fourth-order valence-corrected chi connectivity index (χ4v) is 6.87. The highest BCUT2D eigenvalue weighted by atomic mass is 19.1. The zero-order chi connectivity index (χ0) is 20.9. The Labute approximate surface area is 177 Å². The fraction of sp³-hybridized carbons (Fsp3) is 0.667. The van der Waals surface area contributed by atoms with E-state index in [0.29, 0.717) is 12.6 Å². The van der Waals surface area contributed by atoms with E-state index in [4.69, 9.17) is 0 Å². The third-order valence-electron chi connectivity index (χ3n) is 8.03. The largest absolute Gasteiger partial charge is 0.332 e. The van der Waals surface area contributed by atoms with Crippen LogP contribution in [0.3, 0.4) is 0 Å². The molecule has 5 saturated carbocycles. The van der Waals surface area contributed by atoms with Gasteiger partial charge in [0.2, 0.25) is 0 Å². The smallest absolute Gasteiger partial charge is 0.322 e. The standard InChI is InChI=1S/C24H32FN3O2/c1-15(28(21-6-7-21)14-16-2-4-20(25)5-3-16)22(29)26-23(30)27-24-11-17-8-18(12-24)10-19(9-17)13-24/h2-5,15,17-19,21H,6-14H2,1H3,(H2,26,27,29,30)/p+1/t15-,17?,18?,19?,24?/m1/s1. The summed E-state index contributed by atoms with van der Waals surface area (Å²) in [5.74, 6) is 1.77. The van der Waals surface area contributed by atoms with Crippen molar-refractivity contribution in [2.24, 2.45) is 17.8 Å². The van der Waals surface area contributed by atoms with Crippen molar-refractivity contribution in [3.05, 3.63) is 35.6 Å². The van der Waals surface area contributed by atoms with Crippen molar-refractivity contribution in [1.82, 2.24) is 10.6 Å². The lowest BCUT2D eigenvalue weighted by atomic mass is 9.53. The zero-order valence-corrected chi connectivity index (χ0v) is 17.8. The maximum Gasteiger partial charge on any atom is 0.322 e. The SMILES string of the molecule is C[C@H](C(=O)NC(=O)NC12CC3CC(CC(C3)C1)C2)[NH+](Cc1ccc(F)cc1)C1CC1. The molecule has 6 heteroatoms. The molecule has 0 spiro atoms. The van der Waals surface area contributed by atoms with Crippen molar-refractivity contribution in [3.8, 4) is 0 Å². The van der Waals surface area contributed by atoms with E-state index in [1.807, 2.05) is 6.92 Å². The molecule has 1 aromatic carbocycles. The van der Waals surface area contributed by atoms with Gasteiger partial charge in [0.1, 0.15) is 12.4 Å².